The summed E-state index contributed by atoms with van der Waals surface area (Å²) in [5, 5.41) is 24.8. The Balaban J connectivity index is 5.13. The van der Waals surface area contributed by atoms with Gasteiger partial charge in [0.25, 0.3) is 0 Å². The highest BCUT2D eigenvalue weighted by Gasteiger charge is 2.28. The van der Waals surface area contributed by atoms with Crippen LogP contribution < -0.4 is 33.2 Å². The molecular weight excluding hydrogens is 398 g/mol. The third kappa shape index (κ3) is 11.8. The second kappa shape index (κ2) is 14.1. The summed E-state index contributed by atoms with van der Waals surface area (Å²) in [6, 6.07) is -3.28. The fraction of sp³-hybridized carbons (Fsp3) is 0.706. The minimum Gasteiger partial charge on any atom is -0.480 e. The Morgan fingerprint density at radius 2 is 1.60 bits per heavy atom. The number of nitrogens with two attached hydrogens (primary N) is 3. The monoisotopic (exact) mass is 431 g/mol. The van der Waals surface area contributed by atoms with Crippen molar-refractivity contribution in [2.24, 2.45) is 28.1 Å². The molecule has 0 fully saturated rings. The van der Waals surface area contributed by atoms with Crippen molar-refractivity contribution in [3.8, 4) is 0 Å². The molecule has 0 spiro atoms. The number of carboxylic acids is 1. The highest BCUT2D eigenvalue weighted by atomic mass is 16.4. The van der Waals surface area contributed by atoms with Crippen LogP contribution in [0.1, 0.15) is 33.1 Å². The quantitative estimate of drug-likeness (QED) is 0.0775. The molecule has 0 rings (SSSR count). The third-order valence-electron chi connectivity index (χ3n) is 3.87. The molecule has 13 nitrogen and oxygen atoms in total. The van der Waals surface area contributed by atoms with Crippen LogP contribution in [0.4, 0.5) is 0 Å². The summed E-state index contributed by atoms with van der Waals surface area (Å²) in [5.41, 5.74) is 16.3. The van der Waals surface area contributed by atoms with Crippen molar-refractivity contribution in [3.05, 3.63) is 0 Å². The highest BCUT2D eigenvalue weighted by molar-refractivity contribution is 5.93. The molecule has 13 heteroatoms. The second-order valence-corrected chi connectivity index (χ2v) is 7.10. The summed E-state index contributed by atoms with van der Waals surface area (Å²) in [6.07, 6.45) is 0.882. The van der Waals surface area contributed by atoms with Crippen molar-refractivity contribution in [2.75, 3.05) is 19.7 Å². The molecule has 172 valence electrons. The van der Waals surface area contributed by atoms with E-state index in [2.05, 4.69) is 20.9 Å². The van der Waals surface area contributed by atoms with Gasteiger partial charge in [0.15, 0.2) is 5.96 Å². The number of aliphatic hydroxyl groups is 1. The maximum Gasteiger partial charge on any atom is 0.322 e. The number of aliphatic carboxylic acids is 1. The topological polar surface area (TPSA) is 235 Å². The zero-order valence-corrected chi connectivity index (χ0v) is 17.3. The van der Waals surface area contributed by atoms with Crippen molar-refractivity contribution in [1.29, 1.82) is 0 Å². The molecule has 0 aliphatic heterocycles. The van der Waals surface area contributed by atoms with Crippen molar-refractivity contribution < 1.29 is 29.4 Å². The molecule has 0 aliphatic rings. The number of aliphatic hydroxyl groups excluding tert-OH is 1. The molecule has 3 amide bonds. The first kappa shape index (κ1) is 27.1. The van der Waals surface area contributed by atoms with E-state index in [1.54, 1.807) is 0 Å². The van der Waals surface area contributed by atoms with Gasteiger partial charge in [-0.05, 0) is 25.2 Å². The number of rotatable bonds is 14. The van der Waals surface area contributed by atoms with Crippen molar-refractivity contribution in [2.45, 2.75) is 51.2 Å². The van der Waals surface area contributed by atoms with Crippen LogP contribution in [0.15, 0.2) is 4.99 Å². The van der Waals surface area contributed by atoms with E-state index in [-0.39, 0.29) is 24.8 Å². The fourth-order valence-electron chi connectivity index (χ4n) is 2.42. The number of aliphatic imine (C=N–C) groups is 1. The zero-order valence-electron chi connectivity index (χ0n) is 17.3. The summed E-state index contributed by atoms with van der Waals surface area (Å²) in [5.74, 6) is -3.40. The predicted molar refractivity (Wildman–Crippen MR) is 109 cm³/mol. The Morgan fingerprint density at radius 1 is 1.00 bits per heavy atom. The Bertz CT molecular complexity index is 622. The Kier molecular flexibility index (Phi) is 12.7. The zero-order chi connectivity index (χ0) is 23.3. The van der Waals surface area contributed by atoms with E-state index in [0.717, 1.165) is 0 Å². The molecule has 0 bridgehead atoms. The van der Waals surface area contributed by atoms with Gasteiger partial charge >= 0.3 is 5.97 Å². The summed E-state index contributed by atoms with van der Waals surface area (Å²) in [4.78, 5) is 51.2. The van der Waals surface area contributed by atoms with Crippen LogP contribution in [0, 0.1) is 5.92 Å². The van der Waals surface area contributed by atoms with Gasteiger partial charge in [-0.3, -0.25) is 24.2 Å². The van der Waals surface area contributed by atoms with E-state index >= 15 is 0 Å². The largest absolute Gasteiger partial charge is 0.480 e. The number of nitrogens with zero attached hydrogens (tertiary/aromatic N) is 1. The molecule has 0 heterocycles. The number of amides is 3. The fourth-order valence-corrected chi connectivity index (χ4v) is 2.42. The predicted octanol–water partition coefficient (Wildman–Crippen LogP) is -3.42. The van der Waals surface area contributed by atoms with E-state index in [1.807, 2.05) is 13.8 Å². The van der Waals surface area contributed by atoms with Crippen LogP contribution in [0.2, 0.25) is 0 Å². The molecule has 0 saturated heterocycles. The van der Waals surface area contributed by atoms with Gasteiger partial charge in [0.1, 0.15) is 18.6 Å². The van der Waals surface area contributed by atoms with E-state index in [0.29, 0.717) is 12.8 Å². The summed E-state index contributed by atoms with van der Waals surface area (Å²) >= 11 is 0. The van der Waals surface area contributed by atoms with Crippen molar-refractivity contribution >= 4 is 29.7 Å². The molecule has 11 N–H and O–H groups in total. The van der Waals surface area contributed by atoms with Gasteiger partial charge in [-0.25, -0.2) is 0 Å². The lowest BCUT2D eigenvalue weighted by atomic mass is 10.0. The summed E-state index contributed by atoms with van der Waals surface area (Å²) < 4.78 is 0. The number of carboxylic acid groups (broad SMARTS) is 1. The van der Waals surface area contributed by atoms with E-state index in [1.165, 1.54) is 0 Å². The minimum atomic E-state index is -1.39. The van der Waals surface area contributed by atoms with Crippen LogP contribution in [-0.2, 0) is 19.2 Å². The molecule has 0 aromatic carbocycles. The van der Waals surface area contributed by atoms with Crippen LogP contribution >= 0.6 is 0 Å². The van der Waals surface area contributed by atoms with Gasteiger partial charge in [0.05, 0.1) is 12.6 Å². The van der Waals surface area contributed by atoms with Crippen LogP contribution in [0.25, 0.3) is 0 Å². The molecule has 0 saturated carbocycles. The van der Waals surface area contributed by atoms with Gasteiger partial charge in [0, 0.05) is 6.54 Å². The van der Waals surface area contributed by atoms with Crippen molar-refractivity contribution in [1.82, 2.24) is 16.0 Å². The molecule has 3 unspecified atom stereocenters. The minimum absolute atomic E-state index is 0.116. The summed E-state index contributed by atoms with van der Waals surface area (Å²) in [6.45, 7) is 2.57. The highest BCUT2D eigenvalue weighted by Crippen LogP contribution is 2.05. The molecule has 0 aromatic heterocycles. The molecular formula is C17H33N7O6. The number of hydrogen-bond donors (Lipinski definition) is 8. The van der Waals surface area contributed by atoms with E-state index in [4.69, 9.17) is 22.3 Å². The van der Waals surface area contributed by atoms with Crippen LogP contribution in [-0.4, -0.2) is 77.7 Å². The smallest absolute Gasteiger partial charge is 0.322 e. The normalized spacial score (nSPS) is 13.6. The number of hydrogen-bond acceptors (Lipinski definition) is 7. The first-order valence-electron chi connectivity index (χ1n) is 9.50. The van der Waals surface area contributed by atoms with E-state index < -0.39 is 55.0 Å². The molecule has 0 aliphatic carbocycles. The maximum absolute atomic E-state index is 12.6. The lowest BCUT2D eigenvalue weighted by molar-refractivity contribution is -0.139. The number of nitrogens with one attached hydrogen (secondary N) is 3. The van der Waals surface area contributed by atoms with Gasteiger partial charge in [-0.15, -0.1) is 0 Å². The van der Waals surface area contributed by atoms with Gasteiger partial charge in [-0.1, -0.05) is 13.8 Å². The molecule has 3 atom stereocenters. The van der Waals surface area contributed by atoms with Crippen molar-refractivity contribution in [3.63, 3.8) is 0 Å². The van der Waals surface area contributed by atoms with Gasteiger partial charge < -0.3 is 43.4 Å². The van der Waals surface area contributed by atoms with Gasteiger partial charge in [-0.2, -0.15) is 0 Å². The third-order valence-corrected chi connectivity index (χ3v) is 3.87. The SMILES string of the molecule is CC(C)CC(N)C(=O)NC(CCCN=C(N)N)C(=O)NC(CO)C(=O)NCC(=O)O. The molecule has 30 heavy (non-hydrogen) atoms. The first-order valence-corrected chi connectivity index (χ1v) is 9.50. The van der Waals surface area contributed by atoms with Gasteiger partial charge in [0.2, 0.25) is 17.7 Å². The average Bonchev–Trinajstić information content (AvgIpc) is 2.65. The van der Waals surface area contributed by atoms with Crippen LogP contribution in [0.3, 0.4) is 0 Å². The molecule has 0 radical (unpaired) electrons. The number of carbonyl (C=O) groups excluding carboxylic acids is 3. The maximum atomic E-state index is 12.6. The number of guanidine groups is 1. The lowest BCUT2D eigenvalue weighted by Crippen LogP contribution is -2.57. The average molecular weight is 431 g/mol. The van der Waals surface area contributed by atoms with Crippen LogP contribution in [0.5, 0.6) is 0 Å². The lowest BCUT2D eigenvalue weighted by Gasteiger charge is -2.23. The Morgan fingerprint density at radius 3 is 2.10 bits per heavy atom. The number of carbonyl (C=O) groups is 4. The first-order chi connectivity index (χ1) is 14.0. The second-order valence-electron chi connectivity index (χ2n) is 7.10. The molecule has 0 aromatic rings. The van der Waals surface area contributed by atoms with E-state index in [9.17, 15) is 24.3 Å². The standard InChI is InChI=1S/C17H33N7O6/c1-9(2)6-10(18)14(28)23-11(4-3-5-21-17(19)20)16(30)24-12(8-25)15(29)22-7-13(26)27/h9-12,25H,3-8,18H2,1-2H3,(H,22,29)(H,23,28)(H,24,30)(H,26,27)(H4,19,20,21). The Labute approximate surface area is 174 Å². The Hall–Kier alpha value is -2.93. The summed E-state index contributed by atoms with van der Waals surface area (Å²) in [7, 11) is 0.